The average molecular weight is 396 g/mol. The first-order chi connectivity index (χ1) is 13.1. The Morgan fingerprint density at radius 3 is 2.68 bits per heavy atom. The third kappa shape index (κ3) is 2.43. The van der Waals surface area contributed by atoms with Crippen molar-refractivity contribution in [1.29, 1.82) is 0 Å². The molecule has 2 saturated carbocycles. The lowest BCUT2D eigenvalue weighted by Gasteiger charge is -2.70. The van der Waals surface area contributed by atoms with Crippen molar-refractivity contribution in [2.75, 3.05) is 20.3 Å². The Morgan fingerprint density at radius 2 is 2.04 bits per heavy atom. The van der Waals surface area contributed by atoms with Gasteiger partial charge in [-0.25, -0.2) is 0 Å². The highest BCUT2D eigenvalue weighted by Crippen LogP contribution is 2.68. The van der Waals surface area contributed by atoms with Gasteiger partial charge in [-0.3, -0.25) is 4.79 Å². The summed E-state index contributed by atoms with van der Waals surface area (Å²) >= 11 is 0. The maximum Gasteiger partial charge on any atom is 0.311 e. The molecule has 5 rings (SSSR count). The topological polar surface area (TPSA) is 116 Å². The summed E-state index contributed by atoms with van der Waals surface area (Å²) in [6.07, 6.45) is 2.72. The van der Waals surface area contributed by atoms with Gasteiger partial charge in [-0.1, -0.05) is 19.9 Å². The second-order valence-corrected chi connectivity index (χ2v) is 9.79. The summed E-state index contributed by atoms with van der Waals surface area (Å²) in [5, 5.41) is 43.4. The summed E-state index contributed by atoms with van der Waals surface area (Å²) < 4.78 is 10.6. The lowest BCUT2D eigenvalue weighted by molar-refractivity contribution is -0.377. The molecule has 0 radical (unpaired) electrons. The highest BCUT2D eigenvalue weighted by Gasteiger charge is 2.73. The third-order valence-corrected chi connectivity index (χ3v) is 8.20. The Hall–Kier alpha value is -0.990. The number of fused-ring (bicyclic) bond motifs is 1. The second kappa shape index (κ2) is 6.51. The fourth-order valence-corrected chi connectivity index (χ4v) is 6.85. The van der Waals surface area contributed by atoms with E-state index in [9.17, 15) is 25.2 Å². The Bertz CT molecular complexity index is 688. The first-order valence-electron chi connectivity index (χ1n) is 10.3. The van der Waals surface area contributed by atoms with Gasteiger partial charge in [-0.15, -0.1) is 0 Å². The van der Waals surface area contributed by atoms with Crippen LogP contribution in [0.15, 0.2) is 11.6 Å². The fraction of sp³-hybridized carbons (Fsp3) is 0.857. The van der Waals surface area contributed by atoms with E-state index in [-0.39, 0.29) is 36.4 Å². The molecule has 2 aliphatic heterocycles. The van der Waals surface area contributed by atoms with Crippen LogP contribution >= 0.6 is 0 Å². The zero-order valence-corrected chi connectivity index (χ0v) is 16.8. The number of esters is 1. The number of methoxy groups -OCH3 is 1. The third-order valence-electron chi connectivity index (χ3n) is 8.20. The average Bonchev–Trinajstić information content (AvgIpc) is 2.67. The first kappa shape index (κ1) is 20.3. The molecule has 4 fully saturated rings. The smallest absolute Gasteiger partial charge is 0.311 e. The molecule has 28 heavy (non-hydrogen) atoms. The van der Waals surface area contributed by atoms with Crippen LogP contribution in [-0.4, -0.2) is 64.7 Å². The summed E-state index contributed by atoms with van der Waals surface area (Å²) in [7, 11) is 1.29. The number of aliphatic hydroxyl groups is 4. The lowest BCUT2D eigenvalue weighted by atomic mass is 9.41. The normalized spacial score (nSPS) is 47.5. The Balaban J connectivity index is 1.80. The molecule has 4 N–H and O–H groups in total. The summed E-state index contributed by atoms with van der Waals surface area (Å²) in [5.74, 6) is -3.75. The maximum absolute atomic E-state index is 12.1. The molecule has 2 saturated heterocycles. The number of aliphatic hydroxyl groups excluding tert-OH is 3. The van der Waals surface area contributed by atoms with Gasteiger partial charge < -0.3 is 29.9 Å². The number of allylic oxidation sites excluding steroid dienone is 1. The minimum Gasteiger partial charge on any atom is -0.469 e. The minimum atomic E-state index is -1.82. The monoisotopic (exact) mass is 396 g/mol. The molecular formula is C21H32O7. The predicted molar refractivity (Wildman–Crippen MR) is 98.7 cm³/mol. The van der Waals surface area contributed by atoms with E-state index in [1.54, 1.807) is 6.08 Å². The van der Waals surface area contributed by atoms with Crippen molar-refractivity contribution in [2.45, 2.75) is 57.5 Å². The molecule has 0 aromatic heterocycles. The SMILES string of the molecule is COC(=O)[C@@H](CO)[C@H]1C=C2[C@@H](CC1)[C@@]13CO[C@]2(O)[C@@H](O)[C@@H]1C(C)(C)CC[C@@H]3O. The van der Waals surface area contributed by atoms with E-state index < -0.39 is 35.3 Å². The molecule has 158 valence electrons. The van der Waals surface area contributed by atoms with Crippen molar-refractivity contribution in [2.24, 2.45) is 34.5 Å². The van der Waals surface area contributed by atoms with E-state index in [4.69, 9.17) is 9.47 Å². The number of ether oxygens (including phenoxy) is 2. The predicted octanol–water partition coefficient (Wildman–Crippen LogP) is 0.597. The summed E-state index contributed by atoms with van der Waals surface area (Å²) in [6.45, 7) is 4.04. The van der Waals surface area contributed by atoms with Crippen molar-refractivity contribution in [3.05, 3.63) is 11.6 Å². The number of rotatable bonds is 3. The number of carbonyl (C=O) groups is 1. The van der Waals surface area contributed by atoms with Gasteiger partial charge in [0.1, 0.15) is 6.10 Å². The molecule has 5 aliphatic rings. The van der Waals surface area contributed by atoms with Gasteiger partial charge >= 0.3 is 5.97 Å². The molecule has 0 unspecified atom stereocenters. The molecule has 1 spiro atoms. The Kier molecular flexibility index (Phi) is 4.71. The summed E-state index contributed by atoms with van der Waals surface area (Å²) in [5.41, 5.74) is -0.334. The first-order valence-corrected chi connectivity index (χ1v) is 10.3. The van der Waals surface area contributed by atoms with Crippen LogP contribution in [0.4, 0.5) is 0 Å². The van der Waals surface area contributed by atoms with Crippen molar-refractivity contribution in [3.63, 3.8) is 0 Å². The Morgan fingerprint density at radius 1 is 1.32 bits per heavy atom. The van der Waals surface area contributed by atoms with Crippen LogP contribution in [0.1, 0.15) is 39.5 Å². The van der Waals surface area contributed by atoms with E-state index >= 15 is 0 Å². The van der Waals surface area contributed by atoms with Gasteiger partial charge in [0.15, 0.2) is 0 Å². The van der Waals surface area contributed by atoms with Crippen LogP contribution in [0.3, 0.4) is 0 Å². The molecule has 7 heteroatoms. The van der Waals surface area contributed by atoms with E-state index in [2.05, 4.69) is 13.8 Å². The van der Waals surface area contributed by atoms with Gasteiger partial charge in [-0.2, -0.15) is 0 Å². The van der Waals surface area contributed by atoms with Gasteiger partial charge in [0.25, 0.3) is 0 Å². The molecule has 7 nitrogen and oxygen atoms in total. The van der Waals surface area contributed by atoms with Gasteiger partial charge in [0, 0.05) is 11.3 Å². The van der Waals surface area contributed by atoms with Crippen molar-refractivity contribution in [3.8, 4) is 0 Å². The highest BCUT2D eigenvalue weighted by molar-refractivity contribution is 5.73. The van der Waals surface area contributed by atoms with Crippen molar-refractivity contribution >= 4 is 5.97 Å². The van der Waals surface area contributed by atoms with Gasteiger partial charge in [0.05, 0.1) is 32.3 Å². The maximum atomic E-state index is 12.1. The molecule has 8 atom stereocenters. The number of carbonyl (C=O) groups excluding carboxylic acids is 1. The largest absolute Gasteiger partial charge is 0.469 e. The van der Waals surface area contributed by atoms with E-state index in [0.717, 1.165) is 6.42 Å². The number of hydrogen-bond donors (Lipinski definition) is 4. The van der Waals surface area contributed by atoms with Crippen LogP contribution in [-0.2, 0) is 14.3 Å². The second-order valence-electron chi connectivity index (χ2n) is 9.79. The van der Waals surface area contributed by atoms with Crippen LogP contribution in [0.25, 0.3) is 0 Å². The molecule has 2 bridgehead atoms. The van der Waals surface area contributed by atoms with Crippen LogP contribution in [0, 0.1) is 34.5 Å². The van der Waals surface area contributed by atoms with E-state index in [1.807, 2.05) is 0 Å². The molecule has 0 aromatic rings. The zero-order chi connectivity index (χ0) is 20.5. The van der Waals surface area contributed by atoms with Crippen LogP contribution in [0.2, 0.25) is 0 Å². The van der Waals surface area contributed by atoms with Crippen LogP contribution < -0.4 is 0 Å². The summed E-state index contributed by atoms with van der Waals surface area (Å²) in [4.78, 5) is 12.1. The number of hydrogen-bond acceptors (Lipinski definition) is 7. The Labute approximate surface area is 165 Å². The summed E-state index contributed by atoms with van der Waals surface area (Å²) in [6, 6.07) is 0. The lowest BCUT2D eigenvalue weighted by Crippen LogP contribution is -2.76. The standard InChI is InChI=1S/C21H32O7/c1-19(2)7-6-15(23)20-10-28-21(26,17(24)16(19)20)14-8-11(4-5-13(14)20)12(9-22)18(25)27-3/h8,11-13,15-17,22-24,26H,4-7,9-10H2,1-3H3/t11-,12+,13-,15+,16-,17+,20-,21+/m1/s1. The molecule has 0 aromatic carbocycles. The molecule has 3 aliphatic carbocycles. The van der Waals surface area contributed by atoms with Crippen molar-refractivity contribution < 1.29 is 34.7 Å². The molecular weight excluding hydrogens is 364 g/mol. The molecule has 2 heterocycles. The highest BCUT2D eigenvalue weighted by atomic mass is 16.6. The van der Waals surface area contributed by atoms with Crippen LogP contribution in [0.5, 0.6) is 0 Å². The minimum absolute atomic E-state index is 0.123. The zero-order valence-electron chi connectivity index (χ0n) is 16.8. The van der Waals surface area contributed by atoms with Gasteiger partial charge in [-0.05, 0) is 48.5 Å². The molecule has 0 amide bonds. The quantitative estimate of drug-likeness (QED) is 0.408. The van der Waals surface area contributed by atoms with Gasteiger partial charge in [0.2, 0.25) is 5.79 Å². The van der Waals surface area contributed by atoms with Crippen molar-refractivity contribution in [1.82, 2.24) is 0 Å². The fourth-order valence-electron chi connectivity index (χ4n) is 6.85. The van der Waals surface area contributed by atoms with E-state index in [1.165, 1.54) is 7.11 Å². The van der Waals surface area contributed by atoms with E-state index in [0.29, 0.717) is 24.8 Å².